The molecule has 0 bridgehead atoms. The van der Waals surface area contributed by atoms with Crippen molar-refractivity contribution in [1.82, 2.24) is 0 Å². The Morgan fingerprint density at radius 1 is 1.00 bits per heavy atom. The van der Waals surface area contributed by atoms with Crippen LogP contribution < -0.4 is 4.74 Å². The van der Waals surface area contributed by atoms with Gasteiger partial charge in [-0.15, -0.1) is 0 Å². The molecule has 0 fully saturated rings. The van der Waals surface area contributed by atoms with E-state index in [-0.39, 0.29) is 5.97 Å². The van der Waals surface area contributed by atoms with Gasteiger partial charge >= 0.3 is 5.97 Å². The van der Waals surface area contributed by atoms with Crippen molar-refractivity contribution in [2.75, 3.05) is 0 Å². The maximum atomic E-state index is 11.7. The lowest BCUT2D eigenvalue weighted by Crippen LogP contribution is -2.25. The fourth-order valence-corrected chi connectivity index (χ4v) is 1.49. The predicted molar refractivity (Wildman–Crippen MR) is 69.0 cm³/mol. The highest BCUT2D eigenvalue weighted by Gasteiger charge is 2.23. The summed E-state index contributed by atoms with van der Waals surface area (Å²) in [6.45, 7) is 5.53. The maximum Gasteiger partial charge on any atom is 0.316 e. The summed E-state index contributed by atoms with van der Waals surface area (Å²) in [5.41, 5.74) is -0.481. The summed E-state index contributed by atoms with van der Waals surface area (Å²) in [4.78, 5) is 11.7. The first kappa shape index (κ1) is 11.6. The number of carbonyl (C=O) groups excluding carboxylic acids is 1. The molecule has 2 rings (SSSR count). The average molecular weight is 228 g/mol. The molecular formula is C15H16O2. The van der Waals surface area contributed by atoms with E-state index < -0.39 is 5.41 Å². The van der Waals surface area contributed by atoms with E-state index in [4.69, 9.17) is 4.74 Å². The van der Waals surface area contributed by atoms with Gasteiger partial charge in [-0.25, -0.2) is 0 Å². The first-order valence-electron chi connectivity index (χ1n) is 5.68. The molecule has 17 heavy (non-hydrogen) atoms. The van der Waals surface area contributed by atoms with Crippen LogP contribution in [0.2, 0.25) is 0 Å². The van der Waals surface area contributed by atoms with Crippen molar-refractivity contribution in [3.8, 4) is 5.75 Å². The van der Waals surface area contributed by atoms with Gasteiger partial charge in [0.1, 0.15) is 5.75 Å². The van der Waals surface area contributed by atoms with Gasteiger partial charge in [-0.05, 0) is 43.7 Å². The molecule has 0 unspecified atom stereocenters. The Hall–Kier alpha value is -1.83. The molecule has 0 saturated carbocycles. The molecule has 0 radical (unpaired) electrons. The van der Waals surface area contributed by atoms with Gasteiger partial charge in [0.15, 0.2) is 0 Å². The monoisotopic (exact) mass is 228 g/mol. The van der Waals surface area contributed by atoms with Crippen molar-refractivity contribution in [3.05, 3.63) is 42.5 Å². The van der Waals surface area contributed by atoms with E-state index in [1.807, 2.05) is 63.2 Å². The standard InChI is InChI=1S/C15H16O2/c1-15(2,3)14(16)17-13-9-8-11-6-4-5-7-12(11)10-13/h4-10H,1-3H3. The van der Waals surface area contributed by atoms with Crippen LogP contribution in [0.4, 0.5) is 0 Å². The van der Waals surface area contributed by atoms with E-state index in [2.05, 4.69) is 0 Å². The van der Waals surface area contributed by atoms with Gasteiger partial charge in [-0.2, -0.15) is 0 Å². The lowest BCUT2D eigenvalue weighted by Gasteiger charge is -2.16. The Bertz CT molecular complexity index is 550. The zero-order valence-electron chi connectivity index (χ0n) is 10.4. The second kappa shape index (κ2) is 4.21. The molecule has 0 aliphatic heterocycles. The van der Waals surface area contributed by atoms with Crippen LogP contribution >= 0.6 is 0 Å². The summed E-state index contributed by atoms with van der Waals surface area (Å²) in [6.07, 6.45) is 0. The van der Waals surface area contributed by atoms with Crippen molar-refractivity contribution in [3.63, 3.8) is 0 Å². The molecule has 2 heteroatoms. The Balaban J connectivity index is 2.29. The van der Waals surface area contributed by atoms with Crippen LogP contribution in [0.15, 0.2) is 42.5 Å². The minimum absolute atomic E-state index is 0.215. The first-order valence-corrected chi connectivity index (χ1v) is 5.68. The molecular weight excluding hydrogens is 212 g/mol. The molecule has 0 saturated heterocycles. The Labute approximate surface area is 101 Å². The predicted octanol–water partition coefficient (Wildman–Crippen LogP) is 3.79. The summed E-state index contributed by atoms with van der Waals surface area (Å²) >= 11 is 0. The van der Waals surface area contributed by atoms with Crippen molar-refractivity contribution in [1.29, 1.82) is 0 Å². The quantitative estimate of drug-likeness (QED) is 0.548. The normalized spacial score (nSPS) is 11.5. The van der Waals surface area contributed by atoms with Crippen molar-refractivity contribution in [2.45, 2.75) is 20.8 Å². The largest absolute Gasteiger partial charge is 0.426 e. The molecule has 0 heterocycles. The summed E-state index contributed by atoms with van der Waals surface area (Å²) in [5.74, 6) is 0.386. The fraction of sp³-hybridized carbons (Fsp3) is 0.267. The van der Waals surface area contributed by atoms with Crippen LogP contribution in [0.25, 0.3) is 10.8 Å². The minimum atomic E-state index is -0.481. The van der Waals surface area contributed by atoms with Gasteiger partial charge in [-0.3, -0.25) is 4.79 Å². The number of carbonyl (C=O) groups is 1. The highest BCUT2D eigenvalue weighted by molar-refractivity contribution is 5.85. The second-order valence-corrected chi connectivity index (χ2v) is 5.15. The van der Waals surface area contributed by atoms with Crippen LogP contribution in [0.5, 0.6) is 5.75 Å². The molecule has 0 N–H and O–H groups in total. The molecule has 2 aromatic rings. The highest BCUT2D eigenvalue weighted by atomic mass is 16.5. The van der Waals surface area contributed by atoms with Gasteiger partial charge in [0, 0.05) is 0 Å². The molecule has 0 aliphatic carbocycles. The van der Waals surface area contributed by atoms with E-state index in [0.717, 1.165) is 10.8 Å². The molecule has 0 atom stereocenters. The molecule has 0 aliphatic rings. The van der Waals surface area contributed by atoms with E-state index in [1.54, 1.807) is 0 Å². The number of hydrogen-bond acceptors (Lipinski definition) is 2. The summed E-state index contributed by atoms with van der Waals surface area (Å²) in [7, 11) is 0. The van der Waals surface area contributed by atoms with Crippen molar-refractivity contribution >= 4 is 16.7 Å². The van der Waals surface area contributed by atoms with E-state index in [1.165, 1.54) is 0 Å². The smallest absolute Gasteiger partial charge is 0.316 e. The SMILES string of the molecule is CC(C)(C)C(=O)Oc1ccc2ccccc2c1. The Kier molecular flexibility index (Phi) is 2.88. The molecule has 2 nitrogen and oxygen atoms in total. The topological polar surface area (TPSA) is 26.3 Å². The second-order valence-electron chi connectivity index (χ2n) is 5.15. The van der Waals surface area contributed by atoms with Crippen LogP contribution in [-0.2, 0) is 4.79 Å². The fourth-order valence-electron chi connectivity index (χ4n) is 1.49. The first-order chi connectivity index (χ1) is 7.97. The van der Waals surface area contributed by atoms with Crippen molar-refractivity contribution in [2.24, 2.45) is 5.41 Å². The van der Waals surface area contributed by atoms with Gasteiger partial charge in [0.2, 0.25) is 0 Å². The van der Waals surface area contributed by atoms with Gasteiger partial charge in [-0.1, -0.05) is 30.3 Å². The zero-order valence-corrected chi connectivity index (χ0v) is 10.4. The zero-order chi connectivity index (χ0) is 12.5. The average Bonchev–Trinajstić information content (AvgIpc) is 2.27. The number of rotatable bonds is 1. The van der Waals surface area contributed by atoms with Crippen molar-refractivity contribution < 1.29 is 9.53 Å². The Morgan fingerprint density at radius 2 is 1.65 bits per heavy atom. The highest BCUT2D eigenvalue weighted by Crippen LogP contribution is 2.23. The summed E-state index contributed by atoms with van der Waals surface area (Å²) in [5, 5.41) is 2.22. The maximum absolute atomic E-state index is 11.7. The van der Waals surface area contributed by atoms with Crippen LogP contribution in [-0.4, -0.2) is 5.97 Å². The summed E-state index contributed by atoms with van der Waals surface area (Å²) < 4.78 is 5.35. The van der Waals surface area contributed by atoms with E-state index in [9.17, 15) is 4.79 Å². The summed E-state index contributed by atoms with van der Waals surface area (Å²) in [6, 6.07) is 13.7. The minimum Gasteiger partial charge on any atom is -0.426 e. The molecule has 0 spiro atoms. The van der Waals surface area contributed by atoms with Crippen LogP contribution in [0.1, 0.15) is 20.8 Å². The number of fused-ring (bicyclic) bond motifs is 1. The number of esters is 1. The molecule has 88 valence electrons. The van der Waals surface area contributed by atoms with E-state index in [0.29, 0.717) is 5.75 Å². The van der Waals surface area contributed by atoms with Crippen LogP contribution in [0, 0.1) is 5.41 Å². The Morgan fingerprint density at radius 3 is 2.29 bits per heavy atom. The van der Waals surface area contributed by atoms with Gasteiger partial charge in [0.25, 0.3) is 0 Å². The third kappa shape index (κ3) is 2.64. The third-order valence-electron chi connectivity index (χ3n) is 2.54. The lowest BCUT2D eigenvalue weighted by molar-refractivity contribution is -0.142. The molecule has 0 amide bonds. The molecule has 2 aromatic carbocycles. The van der Waals surface area contributed by atoms with Gasteiger partial charge < -0.3 is 4.74 Å². The number of benzene rings is 2. The number of hydrogen-bond donors (Lipinski definition) is 0. The van der Waals surface area contributed by atoms with E-state index >= 15 is 0 Å². The lowest BCUT2D eigenvalue weighted by atomic mass is 9.97. The van der Waals surface area contributed by atoms with Gasteiger partial charge in [0.05, 0.1) is 5.41 Å². The third-order valence-corrected chi connectivity index (χ3v) is 2.54. The molecule has 0 aromatic heterocycles. The number of ether oxygens (including phenoxy) is 1. The van der Waals surface area contributed by atoms with Crippen LogP contribution in [0.3, 0.4) is 0 Å².